The molecule has 0 aliphatic carbocycles. The zero-order valence-electron chi connectivity index (χ0n) is 10.1. The highest BCUT2D eigenvalue weighted by Crippen LogP contribution is 2.51. The lowest BCUT2D eigenvalue weighted by molar-refractivity contribution is 0.181. The van der Waals surface area contributed by atoms with E-state index in [1.54, 1.807) is 6.07 Å². The van der Waals surface area contributed by atoms with E-state index < -0.39 is 7.82 Å². The quantitative estimate of drug-likeness (QED) is 0.505. The number of hydrogen-bond acceptors (Lipinski definition) is 4. The minimum absolute atomic E-state index is 0.0135. The van der Waals surface area contributed by atoms with E-state index in [9.17, 15) is 4.57 Å². The second-order valence-corrected chi connectivity index (χ2v) is 5.72. The molecule has 19 heavy (non-hydrogen) atoms. The smallest absolute Gasteiger partial charge is 0.402 e. The molecule has 0 aliphatic heterocycles. The van der Waals surface area contributed by atoms with Crippen molar-refractivity contribution < 1.29 is 18.1 Å². The van der Waals surface area contributed by atoms with Gasteiger partial charge in [-0.05, 0) is 18.2 Å². The Balaban J connectivity index is 2.89. The highest BCUT2D eigenvalue weighted by atomic mass is 35.5. The first-order chi connectivity index (χ1) is 9.00. The van der Waals surface area contributed by atoms with Crippen molar-refractivity contribution in [3.05, 3.63) is 53.6 Å². The molecule has 7 heteroatoms. The summed E-state index contributed by atoms with van der Waals surface area (Å²) in [5.41, 5.74) is 0. The van der Waals surface area contributed by atoms with Crippen molar-refractivity contribution in [3.8, 4) is 5.75 Å². The number of benzene rings is 1. The normalized spacial score (nSPS) is 11.1. The van der Waals surface area contributed by atoms with E-state index in [-0.39, 0.29) is 24.0 Å². The molecule has 1 aromatic carbocycles. The van der Waals surface area contributed by atoms with Gasteiger partial charge in [0.1, 0.15) is 5.75 Å². The lowest BCUT2D eigenvalue weighted by Gasteiger charge is -2.17. The summed E-state index contributed by atoms with van der Waals surface area (Å²) in [6.07, 6.45) is 2.85. The number of hydrogen-bond donors (Lipinski definition) is 0. The Bertz CT molecular complexity index is 489. The second-order valence-electron chi connectivity index (χ2n) is 3.28. The van der Waals surface area contributed by atoms with Crippen LogP contribution in [-0.2, 0) is 13.6 Å². The lowest BCUT2D eigenvalue weighted by Crippen LogP contribution is -2.03. The lowest BCUT2D eigenvalue weighted by atomic mass is 10.3. The molecule has 0 fully saturated rings. The number of rotatable bonds is 8. The van der Waals surface area contributed by atoms with Gasteiger partial charge in [-0.1, -0.05) is 35.4 Å². The molecule has 1 aromatic rings. The van der Waals surface area contributed by atoms with Crippen molar-refractivity contribution in [1.82, 2.24) is 0 Å². The molecule has 0 unspecified atom stereocenters. The first kappa shape index (κ1) is 16.3. The van der Waals surface area contributed by atoms with Crippen LogP contribution in [0, 0.1) is 0 Å². The van der Waals surface area contributed by atoms with E-state index in [2.05, 4.69) is 13.2 Å². The maximum Gasteiger partial charge on any atom is 0.530 e. The Morgan fingerprint density at radius 1 is 1.16 bits per heavy atom. The van der Waals surface area contributed by atoms with Gasteiger partial charge in [0.2, 0.25) is 0 Å². The second kappa shape index (κ2) is 7.73. The maximum atomic E-state index is 12.3. The van der Waals surface area contributed by atoms with E-state index in [4.69, 9.17) is 36.8 Å². The van der Waals surface area contributed by atoms with Gasteiger partial charge < -0.3 is 4.52 Å². The molecule has 0 heterocycles. The Kier molecular flexibility index (Phi) is 6.63. The van der Waals surface area contributed by atoms with Gasteiger partial charge in [-0.25, -0.2) is 4.57 Å². The summed E-state index contributed by atoms with van der Waals surface area (Å²) in [5.74, 6) is 0.155. The third kappa shape index (κ3) is 5.39. The third-order valence-corrected chi connectivity index (χ3v) is 3.69. The van der Waals surface area contributed by atoms with Gasteiger partial charge >= 0.3 is 7.82 Å². The van der Waals surface area contributed by atoms with E-state index >= 15 is 0 Å². The van der Waals surface area contributed by atoms with Gasteiger partial charge in [-0.2, -0.15) is 0 Å². The average molecular weight is 323 g/mol. The van der Waals surface area contributed by atoms with E-state index in [0.717, 1.165) is 0 Å². The molecule has 0 saturated carbocycles. The van der Waals surface area contributed by atoms with Gasteiger partial charge in [0.15, 0.2) is 0 Å². The molecule has 0 saturated heterocycles. The molecule has 0 radical (unpaired) electrons. The van der Waals surface area contributed by atoms with Crippen LogP contribution in [0.25, 0.3) is 0 Å². The molecule has 0 aromatic heterocycles. The van der Waals surface area contributed by atoms with Crippen molar-refractivity contribution in [2.24, 2.45) is 0 Å². The van der Waals surface area contributed by atoms with Crippen molar-refractivity contribution in [2.75, 3.05) is 13.2 Å². The SMILES string of the molecule is C=CCOP(=O)(OCC=C)Oc1ccc(Cl)cc1Cl. The molecule has 0 aliphatic rings. The largest absolute Gasteiger partial charge is 0.530 e. The molecule has 0 amide bonds. The molecule has 0 N–H and O–H groups in total. The highest BCUT2D eigenvalue weighted by molar-refractivity contribution is 7.49. The van der Waals surface area contributed by atoms with Crippen LogP contribution in [0.4, 0.5) is 0 Å². The Morgan fingerprint density at radius 3 is 2.21 bits per heavy atom. The van der Waals surface area contributed by atoms with Crippen LogP contribution in [0.5, 0.6) is 5.75 Å². The topological polar surface area (TPSA) is 44.8 Å². The molecule has 0 atom stereocenters. The fraction of sp³-hybridized carbons (Fsp3) is 0.167. The third-order valence-electron chi connectivity index (χ3n) is 1.81. The van der Waals surface area contributed by atoms with Gasteiger partial charge in [0, 0.05) is 5.02 Å². The van der Waals surface area contributed by atoms with E-state index in [0.29, 0.717) is 5.02 Å². The Morgan fingerprint density at radius 2 is 1.74 bits per heavy atom. The molecular formula is C12H13Cl2O4P. The summed E-state index contributed by atoms with van der Waals surface area (Å²) in [5, 5.41) is 0.642. The van der Waals surface area contributed by atoms with Gasteiger partial charge in [-0.3, -0.25) is 9.05 Å². The molecule has 1 rings (SSSR count). The minimum atomic E-state index is -3.79. The van der Waals surface area contributed by atoms with Crippen LogP contribution in [-0.4, -0.2) is 13.2 Å². The Hall–Kier alpha value is -0.770. The number of phosphoric acid groups is 1. The minimum Gasteiger partial charge on any atom is -0.402 e. The monoisotopic (exact) mass is 322 g/mol. The van der Waals surface area contributed by atoms with Crippen LogP contribution in [0.2, 0.25) is 10.0 Å². The van der Waals surface area contributed by atoms with E-state index in [1.165, 1.54) is 24.3 Å². The molecular weight excluding hydrogens is 310 g/mol. The first-order valence-corrected chi connectivity index (χ1v) is 7.48. The molecule has 104 valence electrons. The van der Waals surface area contributed by atoms with Crippen LogP contribution in [0.1, 0.15) is 0 Å². The van der Waals surface area contributed by atoms with Crippen molar-refractivity contribution in [2.45, 2.75) is 0 Å². The molecule has 4 nitrogen and oxygen atoms in total. The molecule has 0 spiro atoms. The van der Waals surface area contributed by atoms with Gasteiger partial charge in [0.25, 0.3) is 0 Å². The zero-order chi connectivity index (χ0) is 14.3. The van der Waals surface area contributed by atoms with Gasteiger partial charge in [-0.15, -0.1) is 13.2 Å². The number of halogens is 2. The summed E-state index contributed by atoms with van der Waals surface area (Å²) >= 11 is 11.7. The molecule has 0 bridgehead atoms. The standard InChI is InChI=1S/C12H13Cl2O4P/c1-3-7-16-19(15,17-8-4-2)18-12-6-5-10(13)9-11(12)14/h3-6,9H,1-2,7-8H2. The predicted molar refractivity (Wildman–Crippen MR) is 77.0 cm³/mol. The summed E-state index contributed by atoms with van der Waals surface area (Å²) in [7, 11) is -3.79. The summed E-state index contributed by atoms with van der Waals surface area (Å²) < 4.78 is 27.5. The average Bonchev–Trinajstić information content (AvgIpc) is 2.38. The summed E-state index contributed by atoms with van der Waals surface area (Å²) in [6.45, 7) is 6.95. The van der Waals surface area contributed by atoms with Crippen LogP contribution >= 0.6 is 31.0 Å². The maximum absolute atomic E-state index is 12.3. The van der Waals surface area contributed by atoms with Crippen molar-refractivity contribution >= 4 is 31.0 Å². The van der Waals surface area contributed by atoms with Crippen LogP contribution in [0.15, 0.2) is 43.5 Å². The highest BCUT2D eigenvalue weighted by Gasteiger charge is 2.28. The Labute approximate surface area is 122 Å². The fourth-order valence-electron chi connectivity index (χ4n) is 1.05. The van der Waals surface area contributed by atoms with Crippen molar-refractivity contribution in [3.63, 3.8) is 0 Å². The zero-order valence-corrected chi connectivity index (χ0v) is 12.5. The summed E-state index contributed by atoms with van der Waals surface area (Å²) in [6, 6.07) is 4.49. The van der Waals surface area contributed by atoms with Gasteiger partial charge in [0.05, 0.1) is 18.2 Å². The van der Waals surface area contributed by atoms with Crippen molar-refractivity contribution in [1.29, 1.82) is 0 Å². The first-order valence-electron chi connectivity index (χ1n) is 5.26. The summed E-state index contributed by atoms with van der Waals surface area (Å²) in [4.78, 5) is 0. The fourth-order valence-corrected chi connectivity index (χ4v) is 2.70. The predicted octanol–water partition coefficient (Wildman–Crippen LogP) is 4.89. The van der Waals surface area contributed by atoms with Crippen LogP contribution < -0.4 is 4.52 Å². The number of phosphoric ester groups is 1. The van der Waals surface area contributed by atoms with E-state index in [1.807, 2.05) is 0 Å². The van der Waals surface area contributed by atoms with Crippen LogP contribution in [0.3, 0.4) is 0 Å².